The molecule has 2 aliphatic heterocycles. The first-order valence-electron chi connectivity index (χ1n) is 12.9. The van der Waals surface area contributed by atoms with Crippen molar-refractivity contribution in [1.29, 1.82) is 0 Å². The summed E-state index contributed by atoms with van der Waals surface area (Å²) >= 11 is 0. The van der Waals surface area contributed by atoms with Crippen LogP contribution in [0.2, 0.25) is 0 Å². The molecule has 6 heteroatoms. The van der Waals surface area contributed by atoms with Gasteiger partial charge >= 0.3 is 0 Å². The lowest BCUT2D eigenvalue weighted by atomic mass is 9.64. The maximum Gasteiger partial charge on any atom is 0.185 e. The largest absolute Gasteiger partial charge is 0.352 e. The maximum absolute atomic E-state index is 14.5. The van der Waals surface area contributed by atoms with Crippen molar-refractivity contribution >= 4 is 29.1 Å². The molecule has 3 aliphatic rings. The van der Waals surface area contributed by atoms with Crippen LogP contribution in [0.15, 0.2) is 97.3 Å². The topological polar surface area (TPSA) is 67.3 Å². The Kier molecular flexibility index (Phi) is 5.04. The normalized spacial score (nSPS) is 22.1. The van der Waals surface area contributed by atoms with E-state index in [1.165, 1.54) is 12.1 Å². The van der Waals surface area contributed by atoms with Gasteiger partial charge in [0.15, 0.2) is 17.3 Å². The second-order valence-electron chi connectivity index (χ2n) is 10.4. The van der Waals surface area contributed by atoms with E-state index < -0.39 is 29.2 Å². The molecule has 1 aromatic heterocycles. The van der Waals surface area contributed by atoms with E-state index in [2.05, 4.69) is 4.98 Å². The van der Waals surface area contributed by atoms with Gasteiger partial charge in [-0.1, -0.05) is 72.3 Å². The van der Waals surface area contributed by atoms with Crippen LogP contribution >= 0.6 is 0 Å². The molecule has 0 N–H and O–H groups in total. The number of rotatable bonds is 3. The van der Waals surface area contributed by atoms with E-state index in [0.29, 0.717) is 33.5 Å². The number of ketones is 3. The SMILES string of the molecule is Cc1ccc(C(=O)[C@H]2[C@H](c3cccnc3)C3(C(=O)c4ccccc4C3=O)[C@H]3C=Cc4cc(F)ccc4N23)cc1. The molecule has 3 aromatic carbocycles. The number of pyridine rings is 1. The van der Waals surface area contributed by atoms with Crippen LogP contribution in [0.25, 0.3) is 6.08 Å². The summed E-state index contributed by atoms with van der Waals surface area (Å²) in [6, 6.07) is 20.4. The van der Waals surface area contributed by atoms with Crippen molar-refractivity contribution in [3.05, 3.63) is 137 Å². The molecule has 5 nitrogen and oxygen atoms in total. The number of hydrogen-bond donors (Lipinski definition) is 0. The van der Waals surface area contributed by atoms with Crippen LogP contribution in [0.5, 0.6) is 0 Å². The van der Waals surface area contributed by atoms with Gasteiger partial charge in [0.05, 0.1) is 6.04 Å². The summed E-state index contributed by atoms with van der Waals surface area (Å²) in [7, 11) is 0. The number of aryl methyl sites for hydroxylation is 1. The Labute approximate surface area is 224 Å². The van der Waals surface area contributed by atoms with Crippen LogP contribution in [0.1, 0.15) is 53.7 Å². The minimum atomic E-state index is -1.60. The van der Waals surface area contributed by atoms with Gasteiger partial charge in [-0.25, -0.2) is 4.39 Å². The van der Waals surface area contributed by atoms with Gasteiger partial charge in [0.2, 0.25) is 0 Å². The van der Waals surface area contributed by atoms with Gasteiger partial charge in [-0.2, -0.15) is 0 Å². The van der Waals surface area contributed by atoms with Gasteiger partial charge in [-0.3, -0.25) is 19.4 Å². The number of hydrogen-bond acceptors (Lipinski definition) is 5. The third kappa shape index (κ3) is 3.12. The van der Waals surface area contributed by atoms with Crippen LogP contribution in [0.3, 0.4) is 0 Å². The van der Waals surface area contributed by atoms with Gasteiger partial charge in [0.25, 0.3) is 0 Å². The molecule has 0 amide bonds. The molecule has 1 aliphatic carbocycles. The Balaban J connectivity index is 1.54. The lowest BCUT2D eigenvalue weighted by Gasteiger charge is -2.37. The molecule has 190 valence electrons. The predicted octanol–water partition coefficient (Wildman–Crippen LogP) is 5.85. The monoisotopic (exact) mass is 514 g/mol. The third-order valence-corrected chi connectivity index (χ3v) is 8.41. The Morgan fingerprint density at radius 3 is 2.31 bits per heavy atom. The fraction of sp³-hybridized carbons (Fsp3) is 0.152. The van der Waals surface area contributed by atoms with Crippen molar-refractivity contribution < 1.29 is 18.8 Å². The summed E-state index contributed by atoms with van der Waals surface area (Å²) in [5.74, 6) is -2.06. The summed E-state index contributed by atoms with van der Waals surface area (Å²) in [6.07, 6.45) is 6.80. The maximum atomic E-state index is 14.5. The fourth-order valence-corrected chi connectivity index (χ4v) is 6.77. The summed E-state index contributed by atoms with van der Waals surface area (Å²) in [5, 5.41) is 0. The number of carbonyl (C=O) groups excluding carboxylic acids is 3. The van der Waals surface area contributed by atoms with Crippen molar-refractivity contribution in [1.82, 2.24) is 4.98 Å². The zero-order valence-corrected chi connectivity index (χ0v) is 21.0. The third-order valence-electron chi connectivity index (χ3n) is 8.41. The van der Waals surface area contributed by atoms with Crippen molar-refractivity contribution in [3.63, 3.8) is 0 Å². The first-order valence-corrected chi connectivity index (χ1v) is 12.9. The van der Waals surface area contributed by atoms with E-state index in [-0.39, 0.29) is 17.3 Å². The molecule has 3 atom stereocenters. The van der Waals surface area contributed by atoms with Crippen LogP contribution in [-0.2, 0) is 0 Å². The number of carbonyl (C=O) groups is 3. The van der Waals surface area contributed by atoms with Crippen LogP contribution in [0, 0.1) is 18.2 Å². The number of halogens is 1. The molecular weight excluding hydrogens is 491 g/mol. The van der Waals surface area contributed by atoms with Gasteiger partial charge in [-0.05, 0) is 36.8 Å². The van der Waals surface area contributed by atoms with Crippen LogP contribution in [-0.4, -0.2) is 34.4 Å². The number of nitrogens with zero attached hydrogens (tertiary/aromatic N) is 2. The van der Waals surface area contributed by atoms with E-state index in [0.717, 1.165) is 5.56 Å². The van der Waals surface area contributed by atoms with Gasteiger partial charge in [0, 0.05) is 46.3 Å². The highest BCUT2D eigenvalue weighted by molar-refractivity contribution is 6.32. The number of anilines is 1. The van der Waals surface area contributed by atoms with Crippen molar-refractivity contribution in [2.45, 2.75) is 24.9 Å². The second-order valence-corrected chi connectivity index (χ2v) is 10.4. The van der Waals surface area contributed by atoms with E-state index in [9.17, 15) is 18.8 Å². The molecule has 0 bridgehead atoms. The van der Waals surface area contributed by atoms with Crippen molar-refractivity contribution in [2.75, 3.05) is 4.90 Å². The molecule has 1 spiro atoms. The van der Waals surface area contributed by atoms with E-state index in [1.54, 1.807) is 73.1 Å². The quantitative estimate of drug-likeness (QED) is 0.254. The molecular formula is C33H23FN2O3. The smallest absolute Gasteiger partial charge is 0.185 e. The number of Topliss-reactive ketones (excluding diaryl/α,β-unsaturated/α-hetero) is 3. The summed E-state index contributed by atoms with van der Waals surface area (Å²) in [4.78, 5) is 49.7. The van der Waals surface area contributed by atoms with Gasteiger partial charge in [0.1, 0.15) is 17.3 Å². The first-order chi connectivity index (χ1) is 18.9. The highest BCUT2D eigenvalue weighted by Gasteiger charge is 2.71. The Morgan fingerprint density at radius 2 is 1.64 bits per heavy atom. The Hall–Kier alpha value is -4.71. The molecule has 0 radical (unpaired) electrons. The standard InChI is InChI=1S/C33H23FN2O3/c1-19-8-10-20(11-9-19)30(37)29-28(22-5-4-16-35-18-22)33(31(38)24-6-2-3-7-25(24)32(33)39)27-15-12-21-17-23(34)13-14-26(21)36(27)29/h2-18,27-29H,1H3/t27-,28+,29-/m1/s1. The Morgan fingerprint density at radius 1 is 0.923 bits per heavy atom. The van der Waals surface area contributed by atoms with Crippen LogP contribution < -0.4 is 4.90 Å². The average Bonchev–Trinajstić information content (AvgIpc) is 3.39. The highest BCUT2D eigenvalue weighted by atomic mass is 19.1. The zero-order valence-electron chi connectivity index (χ0n) is 21.0. The Bertz CT molecular complexity index is 1680. The van der Waals surface area contributed by atoms with E-state index in [1.807, 2.05) is 30.0 Å². The molecule has 1 saturated heterocycles. The van der Waals surface area contributed by atoms with E-state index in [4.69, 9.17) is 0 Å². The van der Waals surface area contributed by atoms with Gasteiger partial charge < -0.3 is 4.90 Å². The summed E-state index contributed by atoms with van der Waals surface area (Å²) < 4.78 is 14.3. The minimum absolute atomic E-state index is 0.215. The fourth-order valence-electron chi connectivity index (χ4n) is 6.77. The highest BCUT2D eigenvalue weighted by Crippen LogP contribution is 2.60. The predicted molar refractivity (Wildman–Crippen MR) is 146 cm³/mol. The summed E-state index contributed by atoms with van der Waals surface area (Å²) in [6.45, 7) is 1.95. The van der Waals surface area contributed by atoms with Crippen molar-refractivity contribution in [2.24, 2.45) is 5.41 Å². The van der Waals surface area contributed by atoms with Gasteiger partial charge in [-0.15, -0.1) is 0 Å². The lowest BCUT2D eigenvalue weighted by Crippen LogP contribution is -2.48. The molecule has 4 aromatic rings. The average molecular weight is 515 g/mol. The number of aromatic nitrogens is 1. The minimum Gasteiger partial charge on any atom is -0.352 e. The molecule has 1 fully saturated rings. The summed E-state index contributed by atoms with van der Waals surface area (Å²) in [5.41, 5.74) is 2.43. The molecule has 3 heterocycles. The molecule has 7 rings (SSSR count). The van der Waals surface area contributed by atoms with Crippen molar-refractivity contribution in [3.8, 4) is 0 Å². The number of fused-ring (bicyclic) bond motifs is 5. The van der Waals surface area contributed by atoms with Crippen LogP contribution in [0.4, 0.5) is 10.1 Å². The molecule has 0 saturated carbocycles. The second kappa shape index (κ2) is 8.40. The molecule has 0 unspecified atom stereocenters. The number of benzene rings is 3. The zero-order chi connectivity index (χ0) is 26.9. The molecule has 39 heavy (non-hydrogen) atoms. The lowest BCUT2D eigenvalue weighted by molar-refractivity contribution is 0.0666. The first kappa shape index (κ1) is 23.4. The van der Waals surface area contributed by atoms with E-state index >= 15 is 0 Å².